The number of nitrogens with zero attached hydrogens (tertiary/aromatic N) is 2. The SMILES string of the molecule is CC(C)c1cc2ccnc3c4cc5ccccc5cc4n4c5ccccc5c1c4c23. The summed E-state index contributed by atoms with van der Waals surface area (Å²) in [6.45, 7) is 4.59. The number of para-hydroxylation sites is 1. The maximum Gasteiger partial charge on any atom is 0.0822 e. The topological polar surface area (TPSA) is 17.3 Å². The van der Waals surface area contributed by atoms with Crippen molar-refractivity contribution in [3.05, 3.63) is 84.6 Å². The van der Waals surface area contributed by atoms with Crippen molar-refractivity contribution in [2.24, 2.45) is 0 Å². The largest absolute Gasteiger partial charge is 0.308 e. The summed E-state index contributed by atoms with van der Waals surface area (Å²) in [6, 6.07) is 26.6. The van der Waals surface area contributed by atoms with Crippen LogP contribution in [0.4, 0.5) is 0 Å². The molecular formula is C28H20N2. The van der Waals surface area contributed by atoms with Crippen LogP contribution in [0.25, 0.3) is 59.8 Å². The predicted octanol–water partition coefficient (Wildman–Crippen LogP) is 7.66. The number of hydrogen-bond donors (Lipinski definition) is 0. The van der Waals surface area contributed by atoms with E-state index in [1.165, 1.54) is 59.8 Å². The van der Waals surface area contributed by atoms with E-state index in [1.54, 1.807) is 0 Å². The van der Waals surface area contributed by atoms with Crippen LogP contribution < -0.4 is 0 Å². The first kappa shape index (κ1) is 16.2. The standard InChI is InChI=1S/C28H20N2/c1-16(2)21-14-19-11-12-29-27-22-13-17-7-3-4-8-18(17)15-24(22)30-23-10-6-5-9-20(23)26(21)28(30)25(19)27/h3-16H,1-2H3. The zero-order chi connectivity index (χ0) is 20.0. The Labute approximate surface area is 173 Å². The van der Waals surface area contributed by atoms with E-state index in [2.05, 4.69) is 91.0 Å². The molecule has 2 nitrogen and oxygen atoms in total. The molecule has 0 aliphatic heterocycles. The molecule has 2 heteroatoms. The summed E-state index contributed by atoms with van der Waals surface area (Å²) in [5.41, 5.74) is 6.32. The summed E-state index contributed by atoms with van der Waals surface area (Å²) >= 11 is 0. The highest BCUT2D eigenvalue weighted by Gasteiger charge is 2.22. The van der Waals surface area contributed by atoms with Crippen molar-refractivity contribution in [2.75, 3.05) is 0 Å². The van der Waals surface area contributed by atoms with Crippen LogP contribution in [0.2, 0.25) is 0 Å². The minimum absolute atomic E-state index is 0.447. The van der Waals surface area contributed by atoms with Crippen molar-refractivity contribution >= 4 is 59.8 Å². The molecule has 0 saturated heterocycles. The Morgan fingerprint density at radius 2 is 1.47 bits per heavy atom. The zero-order valence-corrected chi connectivity index (χ0v) is 17.0. The van der Waals surface area contributed by atoms with Gasteiger partial charge in [-0.3, -0.25) is 4.98 Å². The van der Waals surface area contributed by atoms with Gasteiger partial charge in [-0.15, -0.1) is 0 Å². The Morgan fingerprint density at radius 3 is 2.30 bits per heavy atom. The summed E-state index contributed by atoms with van der Waals surface area (Å²) < 4.78 is 2.48. The molecule has 0 aliphatic carbocycles. The molecule has 30 heavy (non-hydrogen) atoms. The monoisotopic (exact) mass is 384 g/mol. The van der Waals surface area contributed by atoms with Crippen LogP contribution in [0.15, 0.2) is 79.0 Å². The second-order valence-corrected chi connectivity index (χ2v) is 8.67. The lowest BCUT2D eigenvalue weighted by Crippen LogP contribution is -1.97. The Bertz CT molecular complexity index is 1770. The fraction of sp³-hybridized carbons (Fsp3) is 0.107. The number of rotatable bonds is 1. The minimum Gasteiger partial charge on any atom is -0.308 e. The van der Waals surface area contributed by atoms with Gasteiger partial charge in [0.15, 0.2) is 0 Å². The molecule has 0 saturated carbocycles. The summed E-state index contributed by atoms with van der Waals surface area (Å²) in [7, 11) is 0. The van der Waals surface area contributed by atoms with Crippen molar-refractivity contribution in [1.29, 1.82) is 0 Å². The Balaban J connectivity index is 1.93. The summed E-state index contributed by atoms with van der Waals surface area (Å²) in [4.78, 5) is 4.90. The van der Waals surface area contributed by atoms with Gasteiger partial charge in [-0.2, -0.15) is 0 Å². The molecule has 3 heterocycles. The first-order chi connectivity index (χ1) is 14.7. The predicted molar refractivity (Wildman–Crippen MR) is 128 cm³/mol. The van der Waals surface area contributed by atoms with Crippen LogP contribution in [-0.2, 0) is 0 Å². The van der Waals surface area contributed by atoms with Gasteiger partial charge >= 0.3 is 0 Å². The van der Waals surface area contributed by atoms with Crippen molar-refractivity contribution in [1.82, 2.24) is 9.38 Å². The zero-order valence-electron chi connectivity index (χ0n) is 17.0. The van der Waals surface area contributed by atoms with E-state index in [9.17, 15) is 0 Å². The molecule has 0 bridgehead atoms. The number of benzene rings is 4. The van der Waals surface area contributed by atoms with Crippen molar-refractivity contribution in [2.45, 2.75) is 19.8 Å². The molecule has 7 rings (SSSR count). The Kier molecular flexibility index (Phi) is 2.96. The molecule has 4 aromatic carbocycles. The summed E-state index contributed by atoms with van der Waals surface area (Å²) in [5.74, 6) is 0.447. The molecule has 142 valence electrons. The lowest BCUT2D eigenvalue weighted by molar-refractivity contribution is 0.878. The second-order valence-electron chi connectivity index (χ2n) is 8.67. The number of aromatic nitrogens is 2. The van der Waals surface area contributed by atoms with Gasteiger partial charge in [0.2, 0.25) is 0 Å². The molecule has 0 N–H and O–H groups in total. The molecule has 0 atom stereocenters. The third-order valence-corrected chi connectivity index (χ3v) is 6.68. The second kappa shape index (κ2) is 5.48. The van der Waals surface area contributed by atoms with Gasteiger partial charge in [-0.1, -0.05) is 56.3 Å². The maximum absolute atomic E-state index is 4.90. The minimum atomic E-state index is 0.447. The van der Waals surface area contributed by atoms with E-state index >= 15 is 0 Å². The van der Waals surface area contributed by atoms with Crippen LogP contribution >= 0.6 is 0 Å². The third-order valence-electron chi connectivity index (χ3n) is 6.68. The van der Waals surface area contributed by atoms with E-state index in [0.29, 0.717) is 5.92 Å². The molecule has 0 spiro atoms. The molecule has 3 aromatic heterocycles. The normalized spacial score (nSPS) is 12.6. The van der Waals surface area contributed by atoms with E-state index < -0.39 is 0 Å². The number of pyridine rings is 2. The van der Waals surface area contributed by atoms with Crippen LogP contribution in [0, 0.1) is 0 Å². The van der Waals surface area contributed by atoms with Gasteiger partial charge in [0.1, 0.15) is 0 Å². The summed E-state index contributed by atoms with van der Waals surface area (Å²) in [5, 5.41) is 8.99. The van der Waals surface area contributed by atoms with Crippen molar-refractivity contribution in [3.63, 3.8) is 0 Å². The van der Waals surface area contributed by atoms with E-state index in [0.717, 1.165) is 5.52 Å². The molecule has 0 aliphatic rings. The van der Waals surface area contributed by atoms with Gasteiger partial charge in [0.25, 0.3) is 0 Å². The molecule has 0 amide bonds. The first-order valence-corrected chi connectivity index (χ1v) is 10.6. The maximum atomic E-state index is 4.90. The van der Waals surface area contributed by atoms with Crippen LogP contribution in [0.5, 0.6) is 0 Å². The average molecular weight is 384 g/mol. The molecule has 0 unspecified atom stereocenters. The third kappa shape index (κ3) is 1.87. The van der Waals surface area contributed by atoms with Gasteiger partial charge in [-0.25, -0.2) is 0 Å². The lowest BCUT2D eigenvalue weighted by atomic mass is 9.92. The average Bonchev–Trinajstić information content (AvgIpc) is 3.13. The van der Waals surface area contributed by atoms with E-state index in [-0.39, 0.29) is 0 Å². The fourth-order valence-electron chi connectivity index (χ4n) is 5.37. The van der Waals surface area contributed by atoms with Crippen LogP contribution in [0.1, 0.15) is 25.3 Å². The highest BCUT2D eigenvalue weighted by molar-refractivity contribution is 6.29. The molecule has 7 aromatic rings. The van der Waals surface area contributed by atoms with Gasteiger partial charge in [-0.05, 0) is 58.0 Å². The Hall–Kier alpha value is -3.65. The van der Waals surface area contributed by atoms with Crippen LogP contribution in [0.3, 0.4) is 0 Å². The van der Waals surface area contributed by atoms with E-state index in [4.69, 9.17) is 4.98 Å². The molecule has 0 fully saturated rings. The molecular weight excluding hydrogens is 364 g/mol. The van der Waals surface area contributed by atoms with Gasteiger partial charge in [0.05, 0.1) is 22.1 Å². The fourth-order valence-corrected chi connectivity index (χ4v) is 5.37. The number of fused-ring (bicyclic) bond motifs is 7. The number of hydrogen-bond acceptors (Lipinski definition) is 1. The highest BCUT2D eigenvalue weighted by Crippen LogP contribution is 2.44. The Morgan fingerprint density at radius 1 is 0.700 bits per heavy atom. The lowest BCUT2D eigenvalue weighted by Gasteiger charge is -2.16. The smallest absolute Gasteiger partial charge is 0.0822 e. The van der Waals surface area contributed by atoms with E-state index in [1.807, 2.05) is 6.20 Å². The van der Waals surface area contributed by atoms with Crippen LogP contribution in [-0.4, -0.2) is 9.38 Å². The summed E-state index contributed by atoms with van der Waals surface area (Å²) in [6.07, 6.45) is 1.96. The van der Waals surface area contributed by atoms with Gasteiger partial charge < -0.3 is 4.40 Å². The molecule has 0 radical (unpaired) electrons. The quantitative estimate of drug-likeness (QED) is 0.210. The first-order valence-electron chi connectivity index (χ1n) is 10.6. The van der Waals surface area contributed by atoms with Crippen molar-refractivity contribution in [3.8, 4) is 0 Å². The highest BCUT2D eigenvalue weighted by atomic mass is 14.9. The van der Waals surface area contributed by atoms with Gasteiger partial charge in [0, 0.05) is 27.7 Å². The van der Waals surface area contributed by atoms with Crippen molar-refractivity contribution < 1.29 is 0 Å².